The van der Waals surface area contributed by atoms with Crippen LogP contribution in [0.3, 0.4) is 0 Å². The van der Waals surface area contributed by atoms with Crippen LogP contribution >= 0.6 is 11.8 Å². The number of carbonyl (C=O) groups excluding carboxylic acids is 1. The molecule has 74 valence electrons. The fourth-order valence-electron chi connectivity index (χ4n) is 1.62. The van der Waals surface area contributed by atoms with Crippen molar-refractivity contribution in [1.82, 2.24) is 4.90 Å². The zero-order valence-corrected chi connectivity index (χ0v) is 9.36. The van der Waals surface area contributed by atoms with Gasteiger partial charge in [0.2, 0.25) is 0 Å². The van der Waals surface area contributed by atoms with E-state index in [4.69, 9.17) is 0 Å². The lowest BCUT2D eigenvalue weighted by molar-refractivity contribution is -0.122. The molecule has 0 amide bonds. The Kier molecular flexibility index (Phi) is 4.00. The second-order valence-corrected chi connectivity index (χ2v) is 4.48. The molecule has 1 unspecified atom stereocenters. The minimum Gasteiger partial charge on any atom is -0.298 e. The summed E-state index contributed by atoms with van der Waals surface area (Å²) in [5, 5.41) is 2.15. The summed E-state index contributed by atoms with van der Waals surface area (Å²) in [6, 6.07) is 0.0278. The number of Topliss-reactive ketones (excluding diaryl/α,β-unsaturated/α-hetero) is 1. The summed E-state index contributed by atoms with van der Waals surface area (Å²) >= 11 is 1.81. The van der Waals surface area contributed by atoms with E-state index in [0.717, 1.165) is 12.2 Å². The summed E-state index contributed by atoms with van der Waals surface area (Å²) in [4.78, 5) is 13.7. The Bertz CT molecular complexity index is 223. The molecule has 1 aliphatic heterocycles. The molecule has 0 radical (unpaired) electrons. The summed E-state index contributed by atoms with van der Waals surface area (Å²) < 4.78 is 0. The van der Waals surface area contributed by atoms with Crippen LogP contribution in [0.25, 0.3) is 0 Å². The highest BCUT2D eigenvalue weighted by molar-refractivity contribution is 8.02. The highest BCUT2D eigenvalue weighted by Crippen LogP contribution is 2.27. The number of carbonyl (C=O) groups is 1. The van der Waals surface area contributed by atoms with E-state index < -0.39 is 0 Å². The maximum atomic E-state index is 11.6. The third-order valence-electron chi connectivity index (χ3n) is 2.26. The second kappa shape index (κ2) is 4.82. The number of thioether (sulfide) groups is 1. The average molecular weight is 199 g/mol. The minimum absolute atomic E-state index is 0.0278. The van der Waals surface area contributed by atoms with Crippen molar-refractivity contribution in [2.45, 2.75) is 25.8 Å². The van der Waals surface area contributed by atoms with E-state index >= 15 is 0 Å². The van der Waals surface area contributed by atoms with Crippen LogP contribution in [0, 0.1) is 0 Å². The summed E-state index contributed by atoms with van der Waals surface area (Å²) in [5.74, 6) is 1.47. The van der Waals surface area contributed by atoms with Gasteiger partial charge in [-0.2, -0.15) is 0 Å². The third-order valence-corrected chi connectivity index (χ3v) is 3.17. The van der Waals surface area contributed by atoms with Gasteiger partial charge in [-0.15, -0.1) is 11.8 Å². The molecule has 3 heteroatoms. The molecule has 2 nitrogen and oxygen atoms in total. The zero-order valence-electron chi connectivity index (χ0n) is 8.54. The molecule has 0 aromatic carbocycles. The molecule has 1 heterocycles. The van der Waals surface area contributed by atoms with E-state index in [0.29, 0.717) is 12.2 Å². The fraction of sp³-hybridized carbons (Fsp3) is 0.700. The van der Waals surface area contributed by atoms with Crippen LogP contribution in [0.15, 0.2) is 11.0 Å². The summed E-state index contributed by atoms with van der Waals surface area (Å²) in [5.41, 5.74) is 1.29. The van der Waals surface area contributed by atoms with Crippen molar-refractivity contribution in [3.63, 3.8) is 0 Å². The number of nitrogens with zero attached hydrogens (tertiary/aromatic N) is 1. The van der Waals surface area contributed by atoms with Gasteiger partial charge in [-0.3, -0.25) is 9.69 Å². The van der Waals surface area contributed by atoms with Crippen molar-refractivity contribution in [3.8, 4) is 0 Å². The molecule has 1 atom stereocenters. The van der Waals surface area contributed by atoms with E-state index in [1.54, 1.807) is 0 Å². The molecular formula is C10H17NOS. The highest BCUT2D eigenvalue weighted by Gasteiger charge is 2.24. The molecule has 13 heavy (non-hydrogen) atoms. The van der Waals surface area contributed by atoms with Gasteiger partial charge in [-0.25, -0.2) is 0 Å². The normalized spacial score (nSPS) is 18.9. The van der Waals surface area contributed by atoms with Gasteiger partial charge < -0.3 is 0 Å². The largest absolute Gasteiger partial charge is 0.298 e. The number of rotatable bonds is 4. The number of hydrogen-bond acceptors (Lipinski definition) is 3. The van der Waals surface area contributed by atoms with Crippen LogP contribution in [0.4, 0.5) is 0 Å². The number of hydrogen-bond donors (Lipinski definition) is 0. The second-order valence-electron chi connectivity index (χ2n) is 3.50. The average Bonchev–Trinajstić information content (AvgIpc) is 2.56. The summed E-state index contributed by atoms with van der Waals surface area (Å²) in [6.45, 7) is 1.93. The zero-order chi connectivity index (χ0) is 9.84. The third kappa shape index (κ3) is 2.58. The molecule has 0 spiro atoms. The molecule has 0 aromatic heterocycles. The topological polar surface area (TPSA) is 20.3 Å². The standard InChI is InChI=1S/C10H17NOS/c1-4-9(12)10(11(2)3)8-5-6-13-7-8/h7,10H,4-6H2,1-3H3. The van der Waals surface area contributed by atoms with Crippen molar-refractivity contribution in [3.05, 3.63) is 11.0 Å². The van der Waals surface area contributed by atoms with Gasteiger partial charge in [-0.1, -0.05) is 6.92 Å². The Morgan fingerprint density at radius 3 is 2.77 bits per heavy atom. The molecule has 0 N–H and O–H groups in total. The molecule has 0 saturated carbocycles. The molecule has 0 fully saturated rings. The SMILES string of the molecule is CCC(=O)C(C1=CSCC1)N(C)C. The Balaban J connectivity index is 2.72. The van der Waals surface area contributed by atoms with Gasteiger partial charge in [0.05, 0.1) is 6.04 Å². The Morgan fingerprint density at radius 2 is 2.38 bits per heavy atom. The van der Waals surface area contributed by atoms with Crippen LogP contribution in [-0.4, -0.2) is 36.6 Å². The summed E-state index contributed by atoms with van der Waals surface area (Å²) in [6.07, 6.45) is 1.70. The molecule has 1 aliphatic rings. The Morgan fingerprint density at radius 1 is 1.69 bits per heavy atom. The van der Waals surface area contributed by atoms with E-state index in [1.165, 1.54) is 5.57 Å². The van der Waals surface area contributed by atoms with Crippen molar-refractivity contribution in [2.75, 3.05) is 19.8 Å². The first kappa shape index (κ1) is 10.8. The van der Waals surface area contributed by atoms with Crippen molar-refractivity contribution < 1.29 is 4.79 Å². The Labute approximate surface area is 84.4 Å². The predicted octanol–water partition coefficient (Wildman–Crippen LogP) is 1.92. The maximum absolute atomic E-state index is 11.6. The van der Waals surface area contributed by atoms with E-state index in [2.05, 4.69) is 5.41 Å². The van der Waals surface area contributed by atoms with Gasteiger partial charge in [0.1, 0.15) is 0 Å². The molecular weight excluding hydrogens is 182 g/mol. The number of ketones is 1. The molecule has 0 saturated heterocycles. The molecule has 0 aliphatic carbocycles. The van der Waals surface area contributed by atoms with Crippen molar-refractivity contribution in [1.29, 1.82) is 0 Å². The minimum atomic E-state index is 0.0278. The molecule has 0 aromatic rings. The van der Waals surface area contributed by atoms with Gasteiger partial charge in [0.15, 0.2) is 5.78 Å². The smallest absolute Gasteiger partial charge is 0.153 e. The lowest BCUT2D eigenvalue weighted by Gasteiger charge is -2.23. The first-order chi connectivity index (χ1) is 6.16. The predicted molar refractivity (Wildman–Crippen MR) is 57.9 cm³/mol. The van der Waals surface area contributed by atoms with E-state index in [-0.39, 0.29) is 6.04 Å². The lowest BCUT2D eigenvalue weighted by Crippen LogP contribution is -2.36. The fourth-order valence-corrected chi connectivity index (χ4v) is 2.55. The lowest BCUT2D eigenvalue weighted by atomic mass is 10.00. The van der Waals surface area contributed by atoms with Crippen LogP contribution in [0.2, 0.25) is 0 Å². The van der Waals surface area contributed by atoms with Crippen molar-refractivity contribution >= 4 is 17.5 Å². The van der Waals surface area contributed by atoms with Crippen molar-refractivity contribution in [2.24, 2.45) is 0 Å². The molecule has 1 rings (SSSR count). The number of likely N-dealkylation sites (N-methyl/N-ethyl adjacent to an activating group) is 1. The van der Waals surface area contributed by atoms with Crippen LogP contribution < -0.4 is 0 Å². The van der Waals surface area contributed by atoms with Gasteiger partial charge in [0.25, 0.3) is 0 Å². The van der Waals surface area contributed by atoms with Gasteiger partial charge in [-0.05, 0) is 31.5 Å². The van der Waals surface area contributed by atoms with Gasteiger partial charge in [0, 0.05) is 12.2 Å². The van der Waals surface area contributed by atoms with E-state index in [1.807, 2.05) is 37.7 Å². The van der Waals surface area contributed by atoms with Crippen LogP contribution in [0.1, 0.15) is 19.8 Å². The van der Waals surface area contributed by atoms with E-state index in [9.17, 15) is 4.79 Å². The van der Waals surface area contributed by atoms with Crippen LogP contribution in [-0.2, 0) is 4.79 Å². The quantitative estimate of drug-likeness (QED) is 0.690. The van der Waals surface area contributed by atoms with Crippen LogP contribution in [0.5, 0.6) is 0 Å². The first-order valence-electron chi connectivity index (χ1n) is 4.66. The summed E-state index contributed by atoms with van der Waals surface area (Å²) in [7, 11) is 3.95. The highest BCUT2D eigenvalue weighted by atomic mass is 32.2. The van der Waals surface area contributed by atoms with Gasteiger partial charge >= 0.3 is 0 Å². The maximum Gasteiger partial charge on any atom is 0.153 e. The Hall–Kier alpha value is -0.280. The first-order valence-corrected chi connectivity index (χ1v) is 5.71. The monoisotopic (exact) mass is 199 g/mol. The molecule has 0 bridgehead atoms.